The molecule has 25 heavy (non-hydrogen) atoms. The number of amides is 2. The summed E-state index contributed by atoms with van der Waals surface area (Å²) in [5, 5.41) is 5.85. The lowest BCUT2D eigenvalue weighted by molar-refractivity contribution is 0.240. The zero-order chi connectivity index (χ0) is 18.0. The maximum atomic E-state index is 12.2. The monoisotopic (exact) mass is 338 g/mol. The maximum Gasteiger partial charge on any atom is 0.315 e. The van der Waals surface area contributed by atoms with Gasteiger partial charge in [0, 0.05) is 6.54 Å². The highest BCUT2D eigenvalue weighted by Crippen LogP contribution is 2.41. The van der Waals surface area contributed by atoms with E-state index in [0.29, 0.717) is 19.0 Å². The van der Waals surface area contributed by atoms with Crippen LogP contribution in [-0.2, 0) is 13.1 Å². The Hall–Kier alpha value is -2.43. The zero-order valence-corrected chi connectivity index (χ0v) is 15.4. The molecule has 0 bridgehead atoms. The second kappa shape index (κ2) is 7.21. The summed E-state index contributed by atoms with van der Waals surface area (Å²) in [6, 6.07) is 6.35. The van der Waals surface area contributed by atoms with E-state index in [0.717, 1.165) is 22.8 Å². The Morgan fingerprint density at radius 1 is 1.00 bits per heavy atom. The molecule has 2 amide bonds. The number of nitrogens with zero attached hydrogens (tertiary/aromatic N) is 2. The second-order valence-corrected chi connectivity index (χ2v) is 6.94. The quantitative estimate of drug-likeness (QED) is 0.875. The van der Waals surface area contributed by atoms with E-state index in [2.05, 4.69) is 45.7 Å². The second-order valence-electron chi connectivity index (χ2n) is 6.94. The van der Waals surface area contributed by atoms with Crippen LogP contribution in [0.1, 0.15) is 58.2 Å². The van der Waals surface area contributed by atoms with Crippen molar-refractivity contribution in [1.29, 1.82) is 0 Å². The maximum absolute atomic E-state index is 12.2. The van der Waals surface area contributed by atoms with Gasteiger partial charge in [0.2, 0.25) is 0 Å². The van der Waals surface area contributed by atoms with E-state index in [1.54, 1.807) is 0 Å². The molecule has 0 spiro atoms. The predicted octanol–water partition coefficient (Wildman–Crippen LogP) is 3.59. The third-order valence-corrected chi connectivity index (χ3v) is 4.75. The van der Waals surface area contributed by atoms with Gasteiger partial charge >= 0.3 is 6.03 Å². The number of nitrogens with one attached hydrogen (secondary N) is 2. The van der Waals surface area contributed by atoms with Crippen molar-refractivity contribution in [3.63, 3.8) is 0 Å². The predicted molar refractivity (Wildman–Crippen MR) is 98.5 cm³/mol. The summed E-state index contributed by atoms with van der Waals surface area (Å²) < 4.78 is 0. The summed E-state index contributed by atoms with van der Waals surface area (Å²) in [7, 11) is 0. The number of carbonyl (C=O) groups excluding carboxylic acids is 1. The van der Waals surface area contributed by atoms with Gasteiger partial charge in [-0.2, -0.15) is 0 Å². The summed E-state index contributed by atoms with van der Waals surface area (Å²) in [6.07, 6.45) is 2.51. The van der Waals surface area contributed by atoms with Gasteiger partial charge in [-0.1, -0.05) is 23.8 Å². The normalized spacial score (nSPS) is 13.6. The van der Waals surface area contributed by atoms with Gasteiger partial charge < -0.3 is 10.6 Å². The van der Waals surface area contributed by atoms with Crippen LogP contribution in [0.15, 0.2) is 18.2 Å². The van der Waals surface area contributed by atoms with E-state index >= 15 is 0 Å². The molecule has 3 rings (SSSR count). The lowest BCUT2D eigenvalue weighted by Crippen LogP contribution is -2.35. The number of urea groups is 1. The number of aryl methyl sites for hydroxylation is 4. The van der Waals surface area contributed by atoms with E-state index in [1.807, 2.05) is 20.8 Å². The van der Waals surface area contributed by atoms with Crippen LogP contribution in [0.4, 0.5) is 4.79 Å². The summed E-state index contributed by atoms with van der Waals surface area (Å²) in [5.41, 5.74) is 7.32. The number of aromatic nitrogens is 2. The molecule has 2 N–H and O–H groups in total. The molecule has 1 aromatic carbocycles. The van der Waals surface area contributed by atoms with Gasteiger partial charge in [-0.15, -0.1) is 0 Å². The molecular formula is C20H26N4O. The lowest BCUT2D eigenvalue weighted by atomic mass is 10.0. The number of hydrogen-bond donors (Lipinski definition) is 2. The Labute approximate surface area is 149 Å². The van der Waals surface area contributed by atoms with Gasteiger partial charge in [-0.05, 0) is 57.6 Å². The average Bonchev–Trinajstić information content (AvgIpc) is 3.40. The lowest BCUT2D eigenvalue weighted by Gasteiger charge is -2.13. The topological polar surface area (TPSA) is 66.9 Å². The van der Waals surface area contributed by atoms with E-state index in [1.165, 1.54) is 29.5 Å². The molecule has 5 nitrogen and oxygen atoms in total. The van der Waals surface area contributed by atoms with Crippen LogP contribution in [0.2, 0.25) is 0 Å². The molecule has 132 valence electrons. The minimum Gasteiger partial charge on any atom is -0.334 e. The van der Waals surface area contributed by atoms with Crippen molar-refractivity contribution in [1.82, 2.24) is 20.6 Å². The third kappa shape index (κ3) is 4.35. The molecule has 1 aliphatic carbocycles. The minimum atomic E-state index is -0.178. The SMILES string of the molecule is Cc1ccc(C2CC2)c(CNC(=O)NCc2nc(C)c(C)nc2C)c1. The molecule has 0 saturated heterocycles. The van der Waals surface area contributed by atoms with Crippen LogP contribution in [0.3, 0.4) is 0 Å². The summed E-state index contributed by atoms with van der Waals surface area (Å²) in [6.45, 7) is 8.82. The summed E-state index contributed by atoms with van der Waals surface area (Å²) in [5.74, 6) is 0.675. The van der Waals surface area contributed by atoms with Gasteiger partial charge in [0.15, 0.2) is 0 Å². The fraction of sp³-hybridized carbons (Fsp3) is 0.450. The molecule has 1 aromatic heterocycles. The van der Waals surface area contributed by atoms with Crippen molar-refractivity contribution in [2.75, 3.05) is 0 Å². The van der Waals surface area contributed by atoms with Crippen LogP contribution in [-0.4, -0.2) is 16.0 Å². The highest BCUT2D eigenvalue weighted by Gasteiger charge is 2.25. The number of carbonyl (C=O) groups is 1. The number of rotatable bonds is 5. The molecule has 0 radical (unpaired) electrons. The van der Waals surface area contributed by atoms with Crippen LogP contribution in [0.25, 0.3) is 0 Å². The van der Waals surface area contributed by atoms with E-state index in [4.69, 9.17) is 0 Å². The Kier molecular flexibility index (Phi) is 5.02. The van der Waals surface area contributed by atoms with Crippen molar-refractivity contribution < 1.29 is 4.79 Å². The Morgan fingerprint density at radius 3 is 2.40 bits per heavy atom. The van der Waals surface area contributed by atoms with Crippen molar-refractivity contribution >= 4 is 6.03 Å². The van der Waals surface area contributed by atoms with Crippen molar-refractivity contribution in [2.24, 2.45) is 0 Å². The largest absolute Gasteiger partial charge is 0.334 e. The molecule has 1 aliphatic rings. The van der Waals surface area contributed by atoms with Crippen molar-refractivity contribution in [3.8, 4) is 0 Å². The molecule has 5 heteroatoms. The van der Waals surface area contributed by atoms with Crippen LogP contribution in [0, 0.1) is 27.7 Å². The molecule has 1 heterocycles. The van der Waals surface area contributed by atoms with Crippen LogP contribution >= 0.6 is 0 Å². The van der Waals surface area contributed by atoms with E-state index in [-0.39, 0.29) is 6.03 Å². The van der Waals surface area contributed by atoms with Gasteiger partial charge in [0.05, 0.1) is 29.3 Å². The summed E-state index contributed by atoms with van der Waals surface area (Å²) >= 11 is 0. The van der Waals surface area contributed by atoms with Gasteiger partial charge in [-0.25, -0.2) is 4.79 Å². The molecule has 0 atom stereocenters. The van der Waals surface area contributed by atoms with Gasteiger partial charge in [0.1, 0.15) is 0 Å². The average molecular weight is 338 g/mol. The van der Waals surface area contributed by atoms with Crippen molar-refractivity contribution in [3.05, 3.63) is 57.7 Å². The van der Waals surface area contributed by atoms with E-state index < -0.39 is 0 Å². The van der Waals surface area contributed by atoms with Crippen LogP contribution in [0.5, 0.6) is 0 Å². The van der Waals surface area contributed by atoms with Gasteiger partial charge in [0.25, 0.3) is 0 Å². The smallest absolute Gasteiger partial charge is 0.315 e. The molecular weight excluding hydrogens is 312 g/mol. The standard InChI is InChI=1S/C20H26N4O/c1-12-5-8-18(16-6-7-16)17(9-12)10-21-20(25)22-11-19-15(4)23-13(2)14(3)24-19/h5,8-9,16H,6-7,10-11H2,1-4H3,(H2,21,22,25). The Morgan fingerprint density at radius 2 is 1.68 bits per heavy atom. The van der Waals surface area contributed by atoms with Crippen LogP contribution < -0.4 is 10.6 Å². The fourth-order valence-corrected chi connectivity index (χ4v) is 3.01. The first-order valence-corrected chi connectivity index (χ1v) is 8.86. The molecule has 0 unspecified atom stereocenters. The molecule has 1 saturated carbocycles. The van der Waals surface area contributed by atoms with Gasteiger partial charge in [-0.3, -0.25) is 9.97 Å². The first kappa shape index (κ1) is 17.4. The first-order valence-electron chi connectivity index (χ1n) is 8.86. The highest BCUT2D eigenvalue weighted by molar-refractivity contribution is 5.73. The van der Waals surface area contributed by atoms with E-state index in [9.17, 15) is 4.79 Å². The number of hydrogen-bond acceptors (Lipinski definition) is 3. The number of benzene rings is 1. The first-order chi connectivity index (χ1) is 11.9. The summed E-state index contributed by atoms with van der Waals surface area (Å²) in [4.78, 5) is 21.1. The molecule has 2 aromatic rings. The molecule has 1 fully saturated rings. The Bertz CT molecular complexity index is 797. The zero-order valence-electron chi connectivity index (χ0n) is 15.4. The van der Waals surface area contributed by atoms with Crippen molar-refractivity contribution in [2.45, 2.75) is 59.5 Å². The third-order valence-electron chi connectivity index (χ3n) is 4.75. The fourth-order valence-electron chi connectivity index (χ4n) is 3.01. The minimum absolute atomic E-state index is 0.178. The highest BCUT2D eigenvalue weighted by atomic mass is 16.2. The molecule has 0 aliphatic heterocycles. The Balaban J connectivity index is 1.57.